The maximum atomic E-state index is 3.58. The van der Waals surface area contributed by atoms with Crippen LogP contribution in [0.25, 0.3) is 0 Å². The van der Waals surface area contributed by atoms with Crippen LogP contribution >= 0.6 is 15.9 Å². The molecular weight excluding hydrogens is 286 g/mol. The minimum absolute atomic E-state index is 0.366. The summed E-state index contributed by atoms with van der Waals surface area (Å²) in [6.07, 6.45) is 4.88. The average molecular weight is 312 g/mol. The van der Waals surface area contributed by atoms with Crippen LogP contribution in [-0.4, -0.2) is 13.1 Å². The fraction of sp³-hybridized carbons (Fsp3) is 0.625. The summed E-state index contributed by atoms with van der Waals surface area (Å²) in [4.78, 5) is 0. The Labute approximate surface area is 120 Å². The first-order valence-electron chi connectivity index (χ1n) is 7.05. The lowest BCUT2D eigenvalue weighted by Crippen LogP contribution is -2.34. The van der Waals surface area contributed by atoms with Crippen LogP contribution in [0.1, 0.15) is 45.6 Å². The van der Waals surface area contributed by atoms with Gasteiger partial charge < -0.3 is 5.32 Å². The molecule has 0 aliphatic heterocycles. The lowest BCUT2D eigenvalue weighted by Gasteiger charge is -2.30. The van der Waals surface area contributed by atoms with Crippen LogP contribution in [0.4, 0.5) is 0 Å². The van der Waals surface area contributed by atoms with E-state index in [4.69, 9.17) is 0 Å². The van der Waals surface area contributed by atoms with Gasteiger partial charge in [-0.15, -0.1) is 0 Å². The van der Waals surface area contributed by atoms with Gasteiger partial charge in [0.2, 0.25) is 0 Å². The lowest BCUT2D eigenvalue weighted by atomic mass is 9.79. The van der Waals surface area contributed by atoms with E-state index in [1.54, 1.807) is 0 Å². The van der Waals surface area contributed by atoms with Crippen molar-refractivity contribution in [1.29, 1.82) is 0 Å². The molecule has 0 fully saturated rings. The second-order valence-corrected chi connectivity index (χ2v) is 6.46. The predicted octanol–water partition coefficient (Wildman–Crippen LogP) is 4.80. The lowest BCUT2D eigenvalue weighted by molar-refractivity contribution is 0.275. The van der Waals surface area contributed by atoms with Gasteiger partial charge in [-0.05, 0) is 48.9 Å². The number of nitrogens with one attached hydrogen (secondary N) is 1. The zero-order valence-corrected chi connectivity index (χ0v) is 13.5. The molecule has 1 aromatic rings. The second kappa shape index (κ2) is 7.96. The van der Waals surface area contributed by atoms with Gasteiger partial charge in [0.15, 0.2) is 0 Å². The molecule has 0 saturated carbocycles. The third-order valence-electron chi connectivity index (χ3n) is 3.35. The van der Waals surface area contributed by atoms with Gasteiger partial charge in [0.25, 0.3) is 0 Å². The Bertz CT molecular complexity index is 351. The monoisotopic (exact) mass is 311 g/mol. The third-order valence-corrected chi connectivity index (χ3v) is 3.85. The smallest absolute Gasteiger partial charge is 0.0177 e. The van der Waals surface area contributed by atoms with Crippen LogP contribution in [0.3, 0.4) is 0 Å². The molecule has 1 atom stereocenters. The van der Waals surface area contributed by atoms with Crippen LogP contribution < -0.4 is 5.32 Å². The highest BCUT2D eigenvalue weighted by molar-refractivity contribution is 9.10. The molecule has 0 aliphatic carbocycles. The van der Waals surface area contributed by atoms with Crippen LogP contribution in [0.5, 0.6) is 0 Å². The van der Waals surface area contributed by atoms with Crippen molar-refractivity contribution in [2.24, 2.45) is 5.41 Å². The highest BCUT2D eigenvalue weighted by Crippen LogP contribution is 2.28. The van der Waals surface area contributed by atoms with Gasteiger partial charge >= 0.3 is 0 Å². The minimum atomic E-state index is 0.366. The number of hydrogen-bond acceptors (Lipinski definition) is 1. The van der Waals surface area contributed by atoms with E-state index in [1.165, 1.54) is 29.3 Å². The summed E-state index contributed by atoms with van der Waals surface area (Å²) >= 11 is 3.56. The average Bonchev–Trinajstić information content (AvgIpc) is 2.29. The first kappa shape index (κ1) is 15.7. The van der Waals surface area contributed by atoms with Crippen molar-refractivity contribution >= 4 is 15.9 Å². The third kappa shape index (κ3) is 5.53. The van der Waals surface area contributed by atoms with Crippen molar-refractivity contribution in [3.63, 3.8) is 0 Å². The van der Waals surface area contributed by atoms with E-state index in [2.05, 4.69) is 66.3 Å². The molecular formula is C16H26BrN. The molecule has 0 amide bonds. The fourth-order valence-electron chi connectivity index (χ4n) is 2.55. The molecule has 0 heterocycles. The molecule has 102 valence electrons. The van der Waals surface area contributed by atoms with Gasteiger partial charge in [-0.1, -0.05) is 55.3 Å². The summed E-state index contributed by atoms with van der Waals surface area (Å²) in [6.45, 7) is 9.14. The maximum Gasteiger partial charge on any atom is 0.0177 e. The molecule has 1 rings (SSSR count). The van der Waals surface area contributed by atoms with Crippen LogP contribution in [0.15, 0.2) is 28.7 Å². The predicted molar refractivity (Wildman–Crippen MR) is 84.0 cm³/mol. The summed E-state index contributed by atoms with van der Waals surface area (Å²) in [7, 11) is 0. The van der Waals surface area contributed by atoms with E-state index < -0.39 is 0 Å². The Hall–Kier alpha value is -0.340. The number of halogens is 1. The molecule has 0 spiro atoms. The van der Waals surface area contributed by atoms with Crippen LogP contribution in [0, 0.1) is 5.41 Å². The summed E-state index contributed by atoms with van der Waals surface area (Å²) in [5.74, 6) is 0. The standard InChI is InChI=1S/C16H26BrN/c1-4-9-16(3,13-18-10-5-2)12-14-7-6-8-15(17)11-14/h6-8,11,18H,4-5,9-10,12-13H2,1-3H3. The highest BCUT2D eigenvalue weighted by atomic mass is 79.9. The zero-order chi connectivity index (χ0) is 13.4. The van der Waals surface area contributed by atoms with Crippen LogP contribution in [-0.2, 0) is 6.42 Å². The summed E-state index contributed by atoms with van der Waals surface area (Å²) in [5.41, 5.74) is 1.80. The normalized spacial score (nSPS) is 14.4. The molecule has 0 aromatic heterocycles. The van der Waals surface area contributed by atoms with Crippen LogP contribution in [0.2, 0.25) is 0 Å². The largest absolute Gasteiger partial charge is 0.316 e. The fourth-order valence-corrected chi connectivity index (χ4v) is 3.00. The molecule has 0 bridgehead atoms. The molecule has 1 unspecified atom stereocenters. The van der Waals surface area contributed by atoms with Crippen molar-refractivity contribution in [3.8, 4) is 0 Å². The van der Waals surface area contributed by atoms with E-state index in [-0.39, 0.29) is 0 Å². The molecule has 2 heteroatoms. The first-order valence-corrected chi connectivity index (χ1v) is 7.84. The van der Waals surface area contributed by atoms with Crippen molar-refractivity contribution < 1.29 is 0 Å². The van der Waals surface area contributed by atoms with Gasteiger partial charge in [0.1, 0.15) is 0 Å². The maximum absolute atomic E-state index is 3.58. The van der Waals surface area contributed by atoms with Gasteiger partial charge in [-0.3, -0.25) is 0 Å². The van der Waals surface area contributed by atoms with E-state index in [0.29, 0.717) is 5.41 Å². The molecule has 1 N–H and O–H groups in total. The second-order valence-electron chi connectivity index (χ2n) is 5.54. The summed E-state index contributed by atoms with van der Waals surface area (Å²) < 4.78 is 1.18. The van der Waals surface area contributed by atoms with Gasteiger partial charge in [0.05, 0.1) is 0 Å². The van der Waals surface area contributed by atoms with Crippen molar-refractivity contribution in [1.82, 2.24) is 5.32 Å². The highest BCUT2D eigenvalue weighted by Gasteiger charge is 2.23. The quantitative estimate of drug-likeness (QED) is 0.680. The Morgan fingerprint density at radius 3 is 2.61 bits per heavy atom. The summed E-state index contributed by atoms with van der Waals surface area (Å²) in [6, 6.07) is 8.70. The Morgan fingerprint density at radius 2 is 2.00 bits per heavy atom. The molecule has 1 nitrogen and oxygen atoms in total. The van der Waals surface area contributed by atoms with Crippen molar-refractivity contribution in [2.45, 2.75) is 46.5 Å². The zero-order valence-electron chi connectivity index (χ0n) is 11.9. The molecule has 0 saturated heterocycles. The SMILES string of the molecule is CCCNCC(C)(CCC)Cc1cccc(Br)c1. The number of benzene rings is 1. The minimum Gasteiger partial charge on any atom is -0.316 e. The van der Waals surface area contributed by atoms with E-state index >= 15 is 0 Å². The van der Waals surface area contributed by atoms with Crippen molar-refractivity contribution in [2.75, 3.05) is 13.1 Å². The van der Waals surface area contributed by atoms with Crippen molar-refractivity contribution in [3.05, 3.63) is 34.3 Å². The first-order chi connectivity index (χ1) is 8.59. The van der Waals surface area contributed by atoms with Gasteiger partial charge in [-0.2, -0.15) is 0 Å². The molecule has 0 radical (unpaired) electrons. The Balaban J connectivity index is 2.65. The molecule has 18 heavy (non-hydrogen) atoms. The van der Waals surface area contributed by atoms with E-state index in [1.807, 2.05) is 0 Å². The molecule has 1 aromatic carbocycles. The summed E-state index contributed by atoms with van der Waals surface area (Å²) in [5, 5.41) is 3.58. The van der Waals surface area contributed by atoms with E-state index in [9.17, 15) is 0 Å². The van der Waals surface area contributed by atoms with Gasteiger partial charge in [-0.25, -0.2) is 0 Å². The van der Waals surface area contributed by atoms with E-state index in [0.717, 1.165) is 19.5 Å². The molecule has 0 aliphatic rings. The number of hydrogen-bond donors (Lipinski definition) is 1. The van der Waals surface area contributed by atoms with Gasteiger partial charge in [0, 0.05) is 11.0 Å². The Morgan fingerprint density at radius 1 is 1.22 bits per heavy atom. The Kier molecular flexibility index (Phi) is 6.95. The number of rotatable bonds is 8. The topological polar surface area (TPSA) is 12.0 Å².